The van der Waals surface area contributed by atoms with Crippen LogP contribution in [-0.4, -0.2) is 39.2 Å². The second kappa shape index (κ2) is 5.04. The molecule has 1 saturated carbocycles. The number of amides is 1. The van der Waals surface area contributed by atoms with Gasteiger partial charge < -0.3 is 14.2 Å². The molecule has 5 nitrogen and oxygen atoms in total. The highest BCUT2D eigenvalue weighted by molar-refractivity contribution is 5.68. The van der Waals surface area contributed by atoms with E-state index in [4.69, 9.17) is 4.74 Å². The predicted octanol–water partition coefficient (Wildman–Crippen LogP) is 3.19. The first-order valence-corrected chi connectivity index (χ1v) is 7.85. The number of hydrogen-bond donors (Lipinski definition) is 0. The van der Waals surface area contributed by atoms with E-state index in [9.17, 15) is 4.79 Å². The molecular formula is C16H25N3O2. The molecule has 3 unspecified atom stereocenters. The van der Waals surface area contributed by atoms with E-state index in [-0.39, 0.29) is 6.09 Å². The number of likely N-dealkylation sites (tertiary alicyclic amines) is 1. The number of carbonyl (C=O) groups is 1. The summed E-state index contributed by atoms with van der Waals surface area (Å²) < 4.78 is 7.77. The Kier molecular flexibility index (Phi) is 3.46. The minimum Gasteiger partial charge on any atom is -0.444 e. The highest BCUT2D eigenvalue weighted by Crippen LogP contribution is 2.44. The minimum absolute atomic E-state index is 0.198. The van der Waals surface area contributed by atoms with Crippen molar-refractivity contribution in [3.63, 3.8) is 0 Å². The minimum atomic E-state index is -0.430. The van der Waals surface area contributed by atoms with Crippen LogP contribution in [0.15, 0.2) is 12.5 Å². The Hall–Kier alpha value is -1.52. The van der Waals surface area contributed by atoms with E-state index >= 15 is 0 Å². The van der Waals surface area contributed by atoms with Crippen molar-refractivity contribution in [2.24, 2.45) is 5.92 Å². The Morgan fingerprint density at radius 1 is 1.43 bits per heavy atom. The van der Waals surface area contributed by atoms with E-state index in [1.54, 1.807) is 0 Å². The maximum absolute atomic E-state index is 12.1. The van der Waals surface area contributed by atoms with Gasteiger partial charge >= 0.3 is 6.09 Å². The van der Waals surface area contributed by atoms with Gasteiger partial charge in [0.25, 0.3) is 0 Å². The summed E-state index contributed by atoms with van der Waals surface area (Å²) >= 11 is 0. The van der Waals surface area contributed by atoms with Gasteiger partial charge in [0.2, 0.25) is 0 Å². The standard InChI is InChI=1S/C16H25N3O2/c1-11-7-13(11)19-10-17-8-14(19)12-5-6-18(9-12)15(20)21-16(2,3)4/h8,10-13H,5-7,9H2,1-4H3. The quantitative estimate of drug-likeness (QED) is 0.840. The molecule has 2 heterocycles. The predicted molar refractivity (Wildman–Crippen MR) is 80.2 cm³/mol. The molecule has 1 saturated heterocycles. The number of ether oxygens (including phenoxy) is 1. The van der Waals surface area contributed by atoms with Gasteiger partial charge in [0.1, 0.15) is 5.60 Å². The fourth-order valence-electron chi connectivity index (χ4n) is 3.09. The van der Waals surface area contributed by atoms with E-state index < -0.39 is 5.60 Å². The van der Waals surface area contributed by atoms with Crippen molar-refractivity contribution in [3.05, 3.63) is 18.2 Å². The monoisotopic (exact) mass is 291 g/mol. The zero-order valence-corrected chi connectivity index (χ0v) is 13.4. The fourth-order valence-corrected chi connectivity index (χ4v) is 3.09. The lowest BCUT2D eigenvalue weighted by Crippen LogP contribution is -2.35. The maximum Gasteiger partial charge on any atom is 0.410 e. The van der Waals surface area contributed by atoms with Crippen LogP contribution in [0.5, 0.6) is 0 Å². The second-order valence-electron chi connectivity index (χ2n) is 7.42. The molecule has 5 heteroatoms. The largest absolute Gasteiger partial charge is 0.444 e. The third-order valence-electron chi connectivity index (χ3n) is 4.38. The number of imidazole rings is 1. The number of nitrogens with zero attached hydrogens (tertiary/aromatic N) is 3. The lowest BCUT2D eigenvalue weighted by Gasteiger charge is -2.24. The van der Waals surface area contributed by atoms with Crippen LogP contribution in [0.1, 0.15) is 58.2 Å². The normalized spacial score (nSPS) is 28.8. The van der Waals surface area contributed by atoms with Crippen LogP contribution in [0.25, 0.3) is 0 Å². The second-order valence-corrected chi connectivity index (χ2v) is 7.42. The summed E-state index contributed by atoms with van der Waals surface area (Å²) in [4.78, 5) is 18.3. The van der Waals surface area contributed by atoms with Gasteiger partial charge in [0.15, 0.2) is 0 Å². The Morgan fingerprint density at radius 2 is 2.14 bits per heavy atom. The first-order valence-electron chi connectivity index (χ1n) is 7.85. The van der Waals surface area contributed by atoms with Gasteiger partial charge in [-0.15, -0.1) is 0 Å². The van der Waals surface area contributed by atoms with Gasteiger partial charge in [-0.25, -0.2) is 9.78 Å². The molecule has 1 aliphatic heterocycles. The molecule has 2 fully saturated rings. The highest BCUT2D eigenvalue weighted by atomic mass is 16.6. The average Bonchev–Trinajstić information content (AvgIpc) is 2.87. The number of aromatic nitrogens is 2. The SMILES string of the molecule is CC1CC1n1cncc1C1CCN(C(=O)OC(C)(C)C)C1. The van der Waals surface area contributed by atoms with Gasteiger partial charge in [-0.1, -0.05) is 6.92 Å². The number of hydrogen-bond acceptors (Lipinski definition) is 3. The van der Waals surface area contributed by atoms with E-state index in [0.717, 1.165) is 25.4 Å². The van der Waals surface area contributed by atoms with Crippen LogP contribution in [0, 0.1) is 5.92 Å². The number of rotatable bonds is 2. The Balaban J connectivity index is 1.65. The molecule has 1 aromatic rings. The molecule has 1 aromatic heterocycles. The van der Waals surface area contributed by atoms with E-state index in [2.05, 4.69) is 16.5 Å². The van der Waals surface area contributed by atoms with Crippen LogP contribution in [0.3, 0.4) is 0 Å². The van der Waals surface area contributed by atoms with Gasteiger partial charge in [-0.3, -0.25) is 0 Å². The fraction of sp³-hybridized carbons (Fsp3) is 0.750. The van der Waals surface area contributed by atoms with Crippen LogP contribution in [0.4, 0.5) is 4.79 Å². The lowest BCUT2D eigenvalue weighted by molar-refractivity contribution is 0.0292. The van der Waals surface area contributed by atoms with E-state index in [1.807, 2.05) is 38.2 Å². The molecule has 0 N–H and O–H groups in total. The third-order valence-corrected chi connectivity index (χ3v) is 4.38. The summed E-state index contributed by atoms with van der Waals surface area (Å²) in [5.41, 5.74) is 0.843. The molecular weight excluding hydrogens is 266 g/mol. The zero-order valence-electron chi connectivity index (χ0n) is 13.4. The molecule has 21 heavy (non-hydrogen) atoms. The molecule has 1 aliphatic carbocycles. The summed E-state index contributed by atoms with van der Waals surface area (Å²) in [5.74, 6) is 1.13. The molecule has 116 valence electrons. The van der Waals surface area contributed by atoms with Crippen molar-refractivity contribution in [1.82, 2.24) is 14.5 Å². The molecule has 3 atom stereocenters. The highest BCUT2D eigenvalue weighted by Gasteiger charge is 2.38. The van der Waals surface area contributed by atoms with Crippen molar-refractivity contribution in [1.29, 1.82) is 0 Å². The smallest absolute Gasteiger partial charge is 0.410 e. The molecule has 0 spiro atoms. The van der Waals surface area contributed by atoms with Crippen molar-refractivity contribution < 1.29 is 9.53 Å². The summed E-state index contributed by atoms with van der Waals surface area (Å²) in [6.45, 7) is 9.49. The molecule has 1 amide bonds. The first-order chi connectivity index (χ1) is 9.85. The maximum atomic E-state index is 12.1. The van der Waals surface area contributed by atoms with Crippen molar-refractivity contribution >= 4 is 6.09 Å². The molecule has 0 aromatic carbocycles. The van der Waals surface area contributed by atoms with Crippen LogP contribution in [-0.2, 0) is 4.74 Å². The lowest BCUT2D eigenvalue weighted by atomic mass is 10.1. The first kappa shape index (κ1) is 14.4. The van der Waals surface area contributed by atoms with Crippen LogP contribution < -0.4 is 0 Å². The zero-order chi connectivity index (χ0) is 15.2. The average molecular weight is 291 g/mol. The Bertz CT molecular complexity index is 532. The van der Waals surface area contributed by atoms with Gasteiger partial charge in [-0.2, -0.15) is 0 Å². The van der Waals surface area contributed by atoms with Crippen LogP contribution >= 0.6 is 0 Å². The molecule has 3 rings (SSSR count). The topological polar surface area (TPSA) is 47.4 Å². The third kappa shape index (κ3) is 3.06. The Labute approximate surface area is 126 Å². The number of carbonyl (C=O) groups excluding carboxylic acids is 1. The summed E-state index contributed by atoms with van der Waals surface area (Å²) in [6, 6.07) is 0.609. The summed E-state index contributed by atoms with van der Waals surface area (Å²) in [5, 5.41) is 0. The van der Waals surface area contributed by atoms with Crippen molar-refractivity contribution in [3.8, 4) is 0 Å². The summed E-state index contributed by atoms with van der Waals surface area (Å²) in [7, 11) is 0. The van der Waals surface area contributed by atoms with Gasteiger partial charge in [0.05, 0.1) is 6.33 Å². The molecule has 2 aliphatic rings. The van der Waals surface area contributed by atoms with Gasteiger partial charge in [-0.05, 0) is 39.5 Å². The van der Waals surface area contributed by atoms with Crippen molar-refractivity contribution in [2.75, 3.05) is 13.1 Å². The molecule has 0 bridgehead atoms. The van der Waals surface area contributed by atoms with E-state index in [1.165, 1.54) is 12.1 Å². The Morgan fingerprint density at radius 3 is 2.76 bits per heavy atom. The van der Waals surface area contributed by atoms with Gasteiger partial charge in [0, 0.05) is 36.9 Å². The molecule has 0 radical (unpaired) electrons. The van der Waals surface area contributed by atoms with E-state index in [0.29, 0.717) is 12.0 Å². The summed E-state index contributed by atoms with van der Waals surface area (Å²) in [6.07, 6.45) is 5.95. The van der Waals surface area contributed by atoms with Crippen LogP contribution in [0.2, 0.25) is 0 Å². The van der Waals surface area contributed by atoms with Crippen molar-refractivity contribution in [2.45, 2.75) is 58.1 Å².